The summed E-state index contributed by atoms with van der Waals surface area (Å²) < 4.78 is 51.7. The molecular weight excluding hydrogens is 540 g/mol. The lowest BCUT2D eigenvalue weighted by Gasteiger charge is -2.24. The molecule has 0 radical (unpaired) electrons. The average Bonchev–Trinajstić information content (AvgIpc) is 3.50. The van der Waals surface area contributed by atoms with Crippen molar-refractivity contribution in [2.24, 2.45) is 0 Å². The minimum atomic E-state index is -4.20. The molecule has 0 aliphatic heterocycles. The van der Waals surface area contributed by atoms with E-state index in [0.717, 1.165) is 28.4 Å². The van der Waals surface area contributed by atoms with E-state index in [9.17, 15) is 13.2 Å². The normalized spacial score (nSPS) is 15.2. The molecule has 35 heavy (non-hydrogen) atoms. The molecule has 1 spiro atoms. The fourth-order valence-electron chi connectivity index (χ4n) is 4.68. The molecule has 3 aromatic rings. The van der Waals surface area contributed by atoms with Crippen LogP contribution < -0.4 is 14.2 Å². The SMILES string of the molecule is COC(=O)Cc1cc(OC)c(S(=O)(=O)Nc2noc3c2CC2(CC2)c2ccc(Br)cc2-3)c(OC)c1. The Bertz CT molecular complexity index is 1420. The minimum Gasteiger partial charge on any atom is -0.495 e. The van der Waals surface area contributed by atoms with Crippen LogP contribution in [0.5, 0.6) is 11.5 Å². The van der Waals surface area contributed by atoms with E-state index < -0.39 is 16.0 Å². The number of carbonyl (C=O) groups is 1. The van der Waals surface area contributed by atoms with E-state index in [4.69, 9.17) is 18.7 Å². The van der Waals surface area contributed by atoms with Gasteiger partial charge >= 0.3 is 5.97 Å². The summed E-state index contributed by atoms with van der Waals surface area (Å²) in [6.45, 7) is 0. The van der Waals surface area contributed by atoms with Crippen LogP contribution in [0.1, 0.15) is 29.5 Å². The number of halogens is 1. The maximum absolute atomic E-state index is 13.6. The largest absolute Gasteiger partial charge is 0.495 e. The Kier molecular flexibility index (Phi) is 5.79. The first-order valence-corrected chi connectivity index (χ1v) is 13.1. The number of carbonyl (C=O) groups excluding carboxylic acids is 1. The van der Waals surface area contributed by atoms with E-state index in [-0.39, 0.29) is 34.0 Å². The number of ether oxygens (including phenoxy) is 3. The van der Waals surface area contributed by atoms with Crippen molar-refractivity contribution in [2.75, 3.05) is 26.1 Å². The van der Waals surface area contributed by atoms with Crippen molar-refractivity contribution >= 4 is 37.7 Å². The molecular formula is C24H23BrN2O7S. The first kappa shape index (κ1) is 23.7. The number of fused-ring (bicyclic) bond motifs is 4. The van der Waals surface area contributed by atoms with Crippen LogP contribution in [-0.4, -0.2) is 40.9 Å². The van der Waals surface area contributed by atoms with Crippen LogP contribution in [0.4, 0.5) is 5.82 Å². The zero-order valence-corrected chi connectivity index (χ0v) is 21.7. The molecule has 11 heteroatoms. The number of rotatable bonds is 7. The van der Waals surface area contributed by atoms with Crippen molar-refractivity contribution in [3.05, 3.63) is 51.5 Å². The lowest BCUT2D eigenvalue weighted by Crippen LogP contribution is -2.20. The van der Waals surface area contributed by atoms with E-state index in [1.165, 1.54) is 39.0 Å². The number of hydrogen-bond donors (Lipinski definition) is 1. The van der Waals surface area contributed by atoms with Crippen molar-refractivity contribution in [3.63, 3.8) is 0 Å². The third kappa shape index (κ3) is 4.06. The second kappa shape index (κ2) is 8.56. The molecule has 0 amide bonds. The second-order valence-corrected chi connectivity index (χ2v) is 11.2. The number of nitrogens with one attached hydrogen (secondary N) is 1. The maximum atomic E-state index is 13.6. The summed E-state index contributed by atoms with van der Waals surface area (Å²) in [5.41, 5.74) is 3.29. The van der Waals surface area contributed by atoms with Gasteiger partial charge in [-0.2, -0.15) is 0 Å². The highest BCUT2D eigenvalue weighted by atomic mass is 79.9. The summed E-state index contributed by atoms with van der Waals surface area (Å²) in [7, 11) is -0.231. The molecule has 2 aromatic carbocycles. The van der Waals surface area contributed by atoms with E-state index >= 15 is 0 Å². The first-order chi connectivity index (χ1) is 16.7. The van der Waals surface area contributed by atoms with Crippen molar-refractivity contribution in [3.8, 4) is 22.8 Å². The van der Waals surface area contributed by atoms with Crippen molar-refractivity contribution in [1.82, 2.24) is 5.16 Å². The van der Waals surface area contributed by atoms with Gasteiger partial charge in [0, 0.05) is 21.0 Å². The molecule has 2 aliphatic carbocycles. The number of sulfonamides is 1. The topological polar surface area (TPSA) is 117 Å². The van der Waals surface area contributed by atoms with E-state index in [0.29, 0.717) is 17.7 Å². The molecule has 1 aromatic heterocycles. The molecule has 1 heterocycles. The van der Waals surface area contributed by atoms with E-state index in [1.54, 1.807) is 0 Å². The molecule has 0 saturated heterocycles. The molecule has 1 N–H and O–H groups in total. The van der Waals surface area contributed by atoms with Crippen LogP contribution in [0.2, 0.25) is 0 Å². The fourth-order valence-corrected chi connectivity index (χ4v) is 6.37. The Labute approximate surface area is 210 Å². The highest BCUT2D eigenvalue weighted by Gasteiger charge is 2.50. The maximum Gasteiger partial charge on any atom is 0.309 e. The summed E-state index contributed by atoms with van der Waals surface area (Å²) >= 11 is 3.51. The van der Waals surface area contributed by atoms with Crippen LogP contribution in [0, 0.1) is 0 Å². The van der Waals surface area contributed by atoms with Gasteiger partial charge in [0.1, 0.15) is 11.5 Å². The van der Waals surface area contributed by atoms with Gasteiger partial charge in [0.05, 0.1) is 27.8 Å². The van der Waals surface area contributed by atoms with Gasteiger partial charge in [0.25, 0.3) is 10.0 Å². The van der Waals surface area contributed by atoms with Crippen molar-refractivity contribution in [1.29, 1.82) is 0 Å². The van der Waals surface area contributed by atoms with Gasteiger partial charge in [-0.15, -0.1) is 0 Å². The number of nitrogens with zero attached hydrogens (tertiary/aromatic N) is 1. The molecule has 184 valence electrons. The van der Waals surface area contributed by atoms with Crippen molar-refractivity contribution < 1.29 is 31.9 Å². The smallest absolute Gasteiger partial charge is 0.309 e. The predicted octanol–water partition coefficient (Wildman–Crippen LogP) is 4.23. The zero-order valence-electron chi connectivity index (χ0n) is 19.3. The van der Waals surface area contributed by atoms with Gasteiger partial charge in [-0.3, -0.25) is 9.52 Å². The summed E-state index contributed by atoms with van der Waals surface area (Å²) in [4.78, 5) is 11.5. The number of anilines is 1. The molecule has 0 bridgehead atoms. The second-order valence-electron chi connectivity index (χ2n) is 8.67. The monoisotopic (exact) mass is 562 g/mol. The average molecular weight is 563 g/mol. The third-order valence-electron chi connectivity index (χ3n) is 6.55. The van der Waals surface area contributed by atoms with Gasteiger partial charge < -0.3 is 18.7 Å². The summed E-state index contributed by atoms with van der Waals surface area (Å²) in [6, 6.07) is 9.01. The molecule has 0 unspecified atom stereocenters. The molecule has 9 nitrogen and oxygen atoms in total. The van der Waals surface area contributed by atoms with Crippen LogP contribution >= 0.6 is 15.9 Å². The van der Waals surface area contributed by atoms with Gasteiger partial charge in [-0.05, 0) is 54.7 Å². The lowest BCUT2D eigenvalue weighted by molar-refractivity contribution is -0.139. The molecule has 0 atom stereocenters. The molecule has 1 fully saturated rings. The Balaban J connectivity index is 1.55. The quantitative estimate of drug-likeness (QED) is 0.425. The predicted molar refractivity (Wildman–Crippen MR) is 130 cm³/mol. The summed E-state index contributed by atoms with van der Waals surface area (Å²) in [6.07, 6.45) is 2.60. The van der Waals surface area contributed by atoms with Gasteiger partial charge in [-0.25, -0.2) is 8.42 Å². The number of benzene rings is 2. The Hall–Kier alpha value is -3.05. The molecule has 2 aliphatic rings. The standard InChI is InChI=1S/C24H23BrN2O7S/c1-31-18-8-13(10-20(28)33-3)9-19(32-2)22(18)35(29,30)27-23-16-12-24(6-7-24)17-5-4-14(25)11-15(17)21(16)34-26-23/h4-5,8-9,11H,6-7,10,12H2,1-3H3,(H,26,27). The van der Waals surface area contributed by atoms with Gasteiger partial charge in [0.15, 0.2) is 16.5 Å². The van der Waals surface area contributed by atoms with Crippen LogP contribution in [0.3, 0.4) is 0 Å². The first-order valence-electron chi connectivity index (χ1n) is 10.8. The highest BCUT2D eigenvalue weighted by Crippen LogP contribution is 2.58. The van der Waals surface area contributed by atoms with Crippen molar-refractivity contribution in [2.45, 2.75) is 36.0 Å². The minimum absolute atomic E-state index is 0.0281. The van der Waals surface area contributed by atoms with Gasteiger partial charge in [0.2, 0.25) is 0 Å². The third-order valence-corrected chi connectivity index (χ3v) is 8.45. The van der Waals surface area contributed by atoms with Gasteiger partial charge in [-0.1, -0.05) is 27.2 Å². The Morgan fingerprint density at radius 1 is 1.14 bits per heavy atom. The number of methoxy groups -OCH3 is 3. The van der Waals surface area contributed by atoms with E-state index in [2.05, 4.69) is 31.9 Å². The fraction of sp³-hybridized carbons (Fsp3) is 0.333. The summed E-state index contributed by atoms with van der Waals surface area (Å²) in [5, 5.41) is 4.09. The lowest BCUT2D eigenvalue weighted by atomic mass is 9.79. The zero-order chi connectivity index (χ0) is 25.0. The van der Waals surface area contributed by atoms with Crippen LogP contribution in [0.15, 0.2) is 44.2 Å². The number of aromatic nitrogens is 1. The van der Waals surface area contributed by atoms with Crippen LogP contribution in [-0.2, 0) is 37.8 Å². The molecule has 1 saturated carbocycles. The van der Waals surface area contributed by atoms with Crippen LogP contribution in [0.25, 0.3) is 11.3 Å². The molecule has 5 rings (SSSR count). The highest BCUT2D eigenvalue weighted by molar-refractivity contribution is 9.10. The Morgan fingerprint density at radius 2 is 1.83 bits per heavy atom. The number of hydrogen-bond acceptors (Lipinski definition) is 8. The van der Waals surface area contributed by atoms with E-state index in [1.807, 2.05) is 12.1 Å². The number of esters is 1. The summed E-state index contributed by atoms with van der Waals surface area (Å²) in [5.74, 6) is 0.281. The Morgan fingerprint density at radius 3 is 2.43 bits per heavy atom.